The molecule has 126 valence electrons. The zero-order valence-electron chi connectivity index (χ0n) is 13.2. The molecule has 1 fully saturated rings. The predicted octanol–water partition coefficient (Wildman–Crippen LogP) is 3.36. The van der Waals surface area contributed by atoms with Crippen LogP contribution in [0.1, 0.15) is 10.5 Å². The summed E-state index contributed by atoms with van der Waals surface area (Å²) >= 11 is 12.0. The van der Waals surface area contributed by atoms with Gasteiger partial charge in [0, 0.05) is 26.2 Å². The van der Waals surface area contributed by atoms with Crippen LogP contribution in [0.3, 0.4) is 0 Å². The van der Waals surface area contributed by atoms with E-state index < -0.39 is 0 Å². The Labute approximate surface area is 150 Å². The summed E-state index contributed by atoms with van der Waals surface area (Å²) in [5.41, 5.74) is 1.24. The molecular formula is C17H17Cl2N3O2. The number of pyridine rings is 1. The minimum absolute atomic E-state index is 0.192. The molecule has 0 unspecified atom stereocenters. The van der Waals surface area contributed by atoms with Crippen LogP contribution < -0.4 is 9.64 Å². The predicted molar refractivity (Wildman–Crippen MR) is 95.4 cm³/mol. The van der Waals surface area contributed by atoms with Crippen molar-refractivity contribution in [2.45, 2.75) is 0 Å². The Kier molecular flexibility index (Phi) is 5.11. The van der Waals surface area contributed by atoms with Crippen LogP contribution in [0.2, 0.25) is 10.2 Å². The highest BCUT2D eigenvalue weighted by molar-refractivity contribution is 6.34. The maximum atomic E-state index is 12.6. The summed E-state index contributed by atoms with van der Waals surface area (Å²) in [7, 11) is 1.66. The summed E-state index contributed by atoms with van der Waals surface area (Å²) in [6.07, 6.45) is 0. The third-order valence-electron chi connectivity index (χ3n) is 4.01. The Hall–Kier alpha value is -1.98. The molecular weight excluding hydrogens is 349 g/mol. The highest BCUT2D eigenvalue weighted by Gasteiger charge is 2.25. The average Bonchev–Trinajstić information content (AvgIpc) is 2.63. The molecule has 0 N–H and O–H groups in total. The number of para-hydroxylation sites is 2. The summed E-state index contributed by atoms with van der Waals surface area (Å²) in [5.74, 6) is 0.638. The van der Waals surface area contributed by atoms with Crippen LogP contribution in [0.25, 0.3) is 0 Å². The van der Waals surface area contributed by atoms with Crippen LogP contribution in [0, 0.1) is 0 Å². The van der Waals surface area contributed by atoms with E-state index in [2.05, 4.69) is 9.88 Å². The van der Waals surface area contributed by atoms with Gasteiger partial charge >= 0.3 is 0 Å². The Bertz CT molecular complexity index is 746. The fourth-order valence-corrected chi connectivity index (χ4v) is 3.09. The van der Waals surface area contributed by atoms with Crippen molar-refractivity contribution < 1.29 is 9.53 Å². The normalized spacial score (nSPS) is 14.6. The van der Waals surface area contributed by atoms with E-state index in [1.165, 1.54) is 0 Å². The Morgan fingerprint density at radius 1 is 1.08 bits per heavy atom. The van der Waals surface area contributed by atoms with Crippen LogP contribution in [0.4, 0.5) is 5.69 Å². The van der Waals surface area contributed by atoms with E-state index in [1.54, 1.807) is 24.1 Å². The van der Waals surface area contributed by atoms with Crippen molar-refractivity contribution in [1.82, 2.24) is 9.88 Å². The number of nitrogens with zero attached hydrogens (tertiary/aromatic N) is 3. The second-order valence-corrected chi connectivity index (χ2v) is 6.21. The SMILES string of the molecule is COc1ccccc1N1CCN(C(=O)c2nc(Cl)ccc2Cl)CC1. The van der Waals surface area contributed by atoms with Crippen molar-refractivity contribution in [2.75, 3.05) is 38.2 Å². The quantitative estimate of drug-likeness (QED) is 0.782. The topological polar surface area (TPSA) is 45.7 Å². The highest BCUT2D eigenvalue weighted by Crippen LogP contribution is 2.28. The van der Waals surface area contributed by atoms with Crippen molar-refractivity contribution in [3.05, 3.63) is 52.3 Å². The zero-order chi connectivity index (χ0) is 17.1. The lowest BCUT2D eigenvalue weighted by molar-refractivity contribution is 0.0741. The molecule has 7 heteroatoms. The number of hydrogen-bond donors (Lipinski definition) is 0. The van der Waals surface area contributed by atoms with E-state index in [0.29, 0.717) is 31.2 Å². The molecule has 1 saturated heterocycles. The van der Waals surface area contributed by atoms with Gasteiger partial charge in [0.15, 0.2) is 0 Å². The van der Waals surface area contributed by atoms with Gasteiger partial charge in [-0.15, -0.1) is 0 Å². The van der Waals surface area contributed by atoms with E-state index in [4.69, 9.17) is 27.9 Å². The number of hydrogen-bond acceptors (Lipinski definition) is 4. The fourth-order valence-electron chi connectivity index (χ4n) is 2.76. The van der Waals surface area contributed by atoms with E-state index in [1.807, 2.05) is 24.3 Å². The van der Waals surface area contributed by atoms with E-state index in [0.717, 1.165) is 11.4 Å². The monoisotopic (exact) mass is 365 g/mol. The van der Waals surface area contributed by atoms with Crippen LogP contribution >= 0.6 is 23.2 Å². The number of piperazine rings is 1. The third kappa shape index (κ3) is 3.42. The first kappa shape index (κ1) is 16.9. The molecule has 2 heterocycles. The minimum atomic E-state index is -0.192. The number of halogens is 2. The molecule has 0 spiro atoms. The lowest BCUT2D eigenvalue weighted by atomic mass is 10.2. The standard InChI is InChI=1S/C17H17Cl2N3O2/c1-24-14-5-3-2-4-13(14)21-8-10-22(11-9-21)17(23)16-12(18)6-7-15(19)20-16/h2-7H,8-11H2,1H3. The van der Waals surface area contributed by atoms with Gasteiger partial charge in [-0.05, 0) is 24.3 Å². The first-order valence-corrected chi connectivity index (χ1v) is 8.35. The summed E-state index contributed by atoms with van der Waals surface area (Å²) < 4.78 is 5.41. The van der Waals surface area contributed by atoms with Crippen LogP contribution in [-0.4, -0.2) is 49.1 Å². The molecule has 2 aromatic rings. The molecule has 0 radical (unpaired) electrons. The van der Waals surface area contributed by atoms with Gasteiger partial charge in [-0.1, -0.05) is 35.3 Å². The summed E-state index contributed by atoms with van der Waals surface area (Å²) in [6, 6.07) is 11.0. The smallest absolute Gasteiger partial charge is 0.274 e. The molecule has 1 aromatic heterocycles. The number of anilines is 1. The minimum Gasteiger partial charge on any atom is -0.495 e. The molecule has 0 saturated carbocycles. The van der Waals surface area contributed by atoms with Crippen molar-refractivity contribution in [1.29, 1.82) is 0 Å². The molecule has 1 aliphatic rings. The van der Waals surface area contributed by atoms with Gasteiger partial charge in [0.25, 0.3) is 5.91 Å². The van der Waals surface area contributed by atoms with Gasteiger partial charge in [-0.2, -0.15) is 0 Å². The van der Waals surface area contributed by atoms with E-state index in [-0.39, 0.29) is 16.8 Å². The second-order valence-electron chi connectivity index (χ2n) is 5.42. The molecule has 1 aromatic carbocycles. The number of methoxy groups -OCH3 is 1. The molecule has 1 amide bonds. The largest absolute Gasteiger partial charge is 0.495 e. The highest BCUT2D eigenvalue weighted by atomic mass is 35.5. The summed E-state index contributed by atoms with van der Waals surface area (Å²) in [5, 5.41) is 0.576. The Morgan fingerprint density at radius 2 is 1.79 bits per heavy atom. The number of aromatic nitrogens is 1. The third-order valence-corrected chi connectivity index (χ3v) is 4.52. The average molecular weight is 366 g/mol. The first-order chi connectivity index (χ1) is 11.6. The zero-order valence-corrected chi connectivity index (χ0v) is 14.7. The van der Waals surface area contributed by atoms with Crippen molar-refractivity contribution >= 4 is 34.8 Å². The number of carbonyl (C=O) groups is 1. The van der Waals surface area contributed by atoms with E-state index in [9.17, 15) is 4.79 Å². The maximum absolute atomic E-state index is 12.6. The van der Waals surface area contributed by atoms with Gasteiger partial charge < -0.3 is 14.5 Å². The lowest BCUT2D eigenvalue weighted by Gasteiger charge is -2.36. The van der Waals surface area contributed by atoms with Crippen molar-refractivity contribution in [3.8, 4) is 5.75 Å². The number of rotatable bonds is 3. The molecule has 3 rings (SSSR count). The summed E-state index contributed by atoms with van der Waals surface area (Å²) in [4.78, 5) is 20.6. The first-order valence-electron chi connectivity index (χ1n) is 7.59. The Morgan fingerprint density at radius 3 is 2.50 bits per heavy atom. The maximum Gasteiger partial charge on any atom is 0.274 e. The van der Waals surface area contributed by atoms with Gasteiger partial charge in [-0.25, -0.2) is 4.98 Å². The molecule has 1 aliphatic heterocycles. The number of benzene rings is 1. The number of carbonyl (C=O) groups excluding carboxylic acids is 1. The van der Waals surface area contributed by atoms with Crippen LogP contribution in [0.5, 0.6) is 5.75 Å². The van der Waals surface area contributed by atoms with Gasteiger partial charge in [0.05, 0.1) is 17.8 Å². The van der Waals surface area contributed by atoms with Crippen LogP contribution in [0.15, 0.2) is 36.4 Å². The lowest BCUT2D eigenvalue weighted by Crippen LogP contribution is -2.49. The van der Waals surface area contributed by atoms with Crippen molar-refractivity contribution in [3.63, 3.8) is 0 Å². The molecule has 24 heavy (non-hydrogen) atoms. The van der Waals surface area contributed by atoms with Crippen LogP contribution in [-0.2, 0) is 0 Å². The number of amides is 1. The number of ether oxygens (including phenoxy) is 1. The van der Waals surface area contributed by atoms with Gasteiger partial charge in [0.1, 0.15) is 16.6 Å². The van der Waals surface area contributed by atoms with Gasteiger partial charge in [-0.3, -0.25) is 4.79 Å². The second kappa shape index (κ2) is 7.28. The fraction of sp³-hybridized carbons (Fsp3) is 0.294. The molecule has 5 nitrogen and oxygen atoms in total. The molecule has 0 atom stereocenters. The van der Waals surface area contributed by atoms with Crippen molar-refractivity contribution in [2.24, 2.45) is 0 Å². The Balaban J connectivity index is 1.71. The molecule has 0 bridgehead atoms. The summed E-state index contributed by atoms with van der Waals surface area (Å²) in [6.45, 7) is 2.59. The van der Waals surface area contributed by atoms with E-state index >= 15 is 0 Å². The van der Waals surface area contributed by atoms with Gasteiger partial charge in [0.2, 0.25) is 0 Å². The molecule has 0 aliphatic carbocycles.